The van der Waals surface area contributed by atoms with Crippen molar-refractivity contribution < 1.29 is 18.4 Å². The largest absolute Gasteiger partial charge is 0.497 e. The van der Waals surface area contributed by atoms with Crippen LogP contribution in [0.2, 0.25) is 0 Å². The number of ether oxygens (including phenoxy) is 2. The second-order valence-corrected chi connectivity index (χ2v) is 5.49. The van der Waals surface area contributed by atoms with Crippen LogP contribution in [0.1, 0.15) is 29.9 Å². The van der Waals surface area contributed by atoms with Gasteiger partial charge < -0.3 is 18.4 Å². The number of furan rings is 1. The maximum Gasteiger partial charge on any atom is 0.230 e. The number of hydrogen-bond acceptors (Lipinski definition) is 6. The molecule has 1 aliphatic rings. The smallest absolute Gasteiger partial charge is 0.230 e. The third-order valence-corrected chi connectivity index (χ3v) is 4.11. The van der Waals surface area contributed by atoms with Crippen LogP contribution in [-0.2, 0) is 0 Å². The molecule has 0 aliphatic heterocycles. The summed E-state index contributed by atoms with van der Waals surface area (Å²) in [5.74, 6) is 4.05. The zero-order valence-electron chi connectivity index (χ0n) is 12.9. The molecule has 0 unspecified atom stereocenters. The van der Waals surface area contributed by atoms with E-state index in [2.05, 4.69) is 10.1 Å². The summed E-state index contributed by atoms with van der Waals surface area (Å²) in [6.07, 6.45) is 2.65. The molecule has 6 heteroatoms. The molecule has 0 spiro atoms. The predicted octanol–water partition coefficient (Wildman–Crippen LogP) is 3.62. The first kappa shape index (κ1) is 13.9. The van der Waals surface area contributed by atoms with Crippen LogP contribution < -0.4 is 9.47 Å². The Hall–Kier alpha value is -2.76. The van der Waals surface area contributed by atoms with Gasteiger partial charge in [-0.3, -0.25) is 0 Å². The second-order valence-electron chi connectivity index (χ2n) is 5.49. The molecule has 0 amide bonds. The summed E-state index contributed by atoms with van der Waals surface area (Å²) < 4.78 is 21.5. The highest BCUT2D eigenvalue weighted by Crippen LogP contribution is 2.54. The Morgan fingerprint density at radius 2 is 2.04 bits per heavy atom. The molecule has 0 radical (unpaired) electrons. The third-order valence-electron chi connectivity index (χ3n) is 4.11. The lowest BCUT2D eigenvalue weighted by atomic mass is 10.2. The minimum Gasteiger partial charge on any atom is -0.497 e. The topological polar surface area (TPSA) is 70.5 Å². The fraction of sp³-hybridized carbons (Fsp3) is 0.294. The molecule has 2 heterocycles. The molecule has 0 bridgehead atoms. The Morgan fingerprint density at radius 1 is 1.13 bits per heavy atom. The Bertz CT molecular complexity index is 810. The molecule has 1 fully saturated rings. The molecule has 0 N–H and O–H groups in total. The molecule has 2 atom stereocenters. The van der Waals surface area contributed by atoms with Crippen molar-refractivity contribution in [1.29, 1.82) is 0 Å². The lowest BCUT2D eigenvalue weighted by Gasteiger charge is -2.07. The van der Waals surface area contributed by atoms with Gasteiger partial charge in [-0.15, -0.1) is 0 Å². The van der Waals surface area contributed by atoms with E-state index in [4.69, 9.17) is 18.4 Å². The minimum atomic E-state index is 0.228. The molecular weight excluding hydrogens is 296 g/mol. The van der Waals surface area contributed by atoms with E-state index in [1.54, 1.807) is 26.5 Å². The minimum absolute atomic E-state index is 0.228. The molecule has 0 saturated heterocycles. The van der Waals surface area contributed by atoms with Gasteiger partial charge in [-0.1, -0.05) is 5.16 Å². The number of aromatic nitrogens is 2. The molecular formula is C17H16N2O4. The van der Waals surface area contributed by atoms with Crippen LogP contribution in [0.3, 0.4) is 0 Å². The maximum atomic E-state index is 5.44. The van der Waals surface area contributed by atoms with E-state index >= 15 is 0 Å². The van der Waals surface area contributed by atoms with Gasteiger partial charge in [0.1, 0.15) is 17.3 Å². The molecule has 1 saturated carbocycles. The summed E-state index contributed by atoms with van der Waals surface area (Å²) in [5.41, 5.74) is 0.776. The quantitative estimate of drug-likeness (QED) is 0.716. The van der Waals surface area contributed by atoms with E-state index < -0.39 is 0 Å². The van der Waals surface area contributed by atoms with Gasteiger partial charge in [-0.25, -0.2) is 0 Å². The standard InChI is InChI=1S/C17H16N2O4/c1-20-10-5-6-11(15(8-10)21-2)16-18-17(23-19-16)13-9-12(13)14-4-3-7-22-14/h3-8,12-13H,9H2,1-2H3/t12-,13-/m1/s1. The molecule has 1 aliphatic carbocycles. The fourth-order valence-electron chi connectivity index (χ4n) is 2.76. The van der Waals surface area contributed by atoms with Gasteiger partial charge in [-0.2, -0.15) is 4.98 Å². The number of nitrogens with zero attached hydrogens (tertiary/aromatic N) is 2. The van der Waals surface area contributed by atoms with E-state index in [-0.39, 0.29) is 5.92 Å². The Morgan fingerprint density at radius 3 is 2.78 bits per heavy atom. The molecule has 2 aromatic heterocycles. The van der Waals surface area contributed by atoms with Crippen molar-refractivity contribution in [2.75, 3.05) is 14.2 Å². The highest BCUT2D eigenvalue weighted by Gasteiger charge is 2.45. The van der Waals surface area contributed by atoms with Crippen LogP contribution in [0.5, 0.6) is 11.5 Å². The third kappa shape index (κ3) is 2.46. The monoisotopic (exact) mass is 312 g/mol. The summed E-state index contributed by atoms with van der Waals surface area (Å²) >= 11 is 0. The van der Waals surface area contributed by atoms with E-state index in [1.165, 1.54) is 0 Å². The number of benzene rings is 1. The molecule has 3 aromatic rings. The summed E-state index contributed by atoms with van der Waals surface area (Å²) in [6, 6.07) is 9.38. The van der Waals surface area contributed by atoms with Gasteiger partial charge in [0.2, 0.25) is 11.7 Å². The van der Waals surface area contributed by atoms with Gasteiger partial charge in [0.05, 0.1) is 26.0 Å². The van der Waals surface area contributed by atoms with E-state index in [0.717, 1.165) is 23.5 Å². The van der Waals surface area contributed by atoms with Crippen molar-refractivity contribution in [3.63, 3.8) is 0 Å². The van der Waals surface area contributed by atoms with Crippen LogP contribution >= 0.6 is 0 Å². The average molecular weight is 312 g/mol. The first-order valence-electron chi connectivity index (χ1n) is 7.39. The lowest BCUT2D eigenvalue weighted by Crippen LogP contribution is -1.91. The fourth-order valence-corrected chi connectivity index (χ4v) is 2.76. The van der Waals surface area contributed by atoms with Crippen molar-refractivity contribution in [1.82, 2.24) is 10.1 Å². The Kier molecular flexibility index (Phi) is 3.29. The van der Waals surface area contributed by atoms with Gasteiger partial charge >= 0.3 is 0 Å². The van der Waals surface area contributed by atoms with Gasteiger partial charge in [0.15, 0.2) is 0 Å². The molecule has 4 rings (SSSR count). The van der Waals surface area contributed by atoms with Crippen LogP contribution in [-0.4, -0.2) is 24.4 Å². The zero-order chi connectivity index (χ0) is 15.8. The van der Waals surface area contributed by atoms with Crippen molar-refractivity contribution in [2.24, 2.45) is 0 Å². The summed E-state index contributed by atoms with van der Waals surface area (Å²) in [7, 11) is 3.22. The van der Waals surface area contributed by atoms with Crippen LogP contribution in [0.25, 0.3) is 11.4 Å². The highest BCUT2D eigenvalue weighted by atomic mass is 16.5. The molecule has 1 aromatic carbocycles. The number of rotatable bonds is 5. The molecule has 23 heavy (non-hydrogen) atoms. The molecule has 6 nitrogen and oxygen atoms in total. The van der Waals surface area contributed by atoms with Crippen molar-refractivity contribution in [3.05, 3.63) is 48.2 Å². The van der Waals surface area contributed by atoms with Crippen LogP contribution in [0, 0.1) is 0 Å². The predicted molar refractivity (Wildman–Crippen MR) is 81.6 cm³/mol. The van der Waals surface area contributed by atoms with Gasteiger partial charge in [0.25, 0.3) is 0 Å². The normalized spacial score (nSPS) is 19.6. The van der Waals surface area contributed by atoms with E-state index in [9.17, 15) is 0 Å². The SMILES string of the molecule is COc1ccc(-c2noc([C@@H]3C[C@H]3c3ccco3)n2)c(OC)c1. The maximum absolute atomic E-state index is 5.44. The van der Waals surface area contributed by atoms with E-state index in [0.29, 0.717) is 23.4 Å². The van der Waals surface area contributed by atoms with Crippen molar-refractivity contribution in [2.45, 2.75) is 18.3 Å². The van der Waals surface area contributed by atoms with E-state index in [1.807, 2.05) is 24.3 Å². The Labute approximate surface area is 133 Å². The Balaban J connectivity index is 1.59. The number of methoxy groups -OCH3 is 2. The second kappa shape index (κ2) is 5.46. The average Bonchev–Trinajstić information content (AvgIpc) is 3.03. The van der Waals surface area contributed by atoms with Crippen LogP contribution in [0.4, 0.5) is 0 Å². The summed E-state index contributed by atoms with van der Waals surface area (Å²) in [5, 5.41) is 4.09. The first-order chi connectivity index (χ1) is 11.3. The lowest BCUT2D eigenvalue weighted by molar-refractivity contribution is 0.375. The molecule has 118 valence electrons. The summed E-state index contributed by atoms with van der Waals surface area (Å²) in [6.45, 7) is 0. The van der Waals surface area contributed by atoms with Gasteiger partial charge in [-0.05, 0) is 30.7 Å². The van der Waals surface area contributed by atoms with Crippen LogP contribution in [0.15, 0.2) is 45.5 Å². The van der Waals surface area contributed by atoms with Gasteiger partial charge in [0, 0.05) is 17.9 Å². The highest BCUT2D eigenvalue weighted by molar-refractivity contribution is 5.65. The van der Waals surface area contributed by atoms with Crippen molar-refractivity contribution in [3.8, 4) is 22.9 Å². The van der Waals surface area contributed by atoms with Crippen molar-refractivity contribution >= 4 is 0 Å². The summed E-state index contributed by atoms with van der Waals surface area (Å²) in [4.78, 5) is 4.53. The zero-order valence-corrected chi connectivity index (χ0v) is 12.9. The number of hydrogen-bond donors (Lipinski definition) is 0. The first-order valence-corrected chi connectivity index (χ1v) is 7.39.